The third-order valence-electron chi connectivity index (χ3n) is 4.50. The highest BCUT2D eigenvalue weighted by molar-refractivity contribution is 7.89. The Bertz CT molecular complexity index is 925. The fourth-order valence-corrected chi connectivity index (χ4v) is 4.71. The summed E-state index contributed by atoms with van der Waals surface area (Å²) in [5, 5.41) is 9.98. The monoisotopic (exact) mass is 363 g/mol. The number of aliphatic hydroxyl groups excluding tert-OH is 1. The van der Waals surface area contributed by atoms with E-state index >= 15 is 0 Å². The predicted molar refractivity (Wildman–Crippen MR) is 95.0 cm³/mol. The van der Waals surface area contributed by atoms with Crippen LogP contribution in [0.15, 0.2) is 45.7 Å². The number of rotatable bonds is 3. The Morgan fingerprint density at radius 3 is 2.52 bits per heavy atom. The molecule has 1 aromatic rings. The molecule has 1 aromatic carbocycles. The Balaban J connectivity index is 2.14. The predicted octanol–water partition coefficient (Wildman–Crippen LogP) is 3.13. The van der Waals surface area contributed by atoms with Gasteiger partial charge in [-0.1, -0.05) is 6.08 Å². The minimum atomic E-state index is -3.76. The molecule has 0 bridgehead atoms. The topological polar surface area (TPSA) is 84.9 Å². The second kappa shape index (κ2) is 6.15. The van der Waals surface area contributed by atoms with Gasteiger partial charge in [-0.3, -0.25) is 4.72 Å². The van der Waals surface area contributed by atoms with Gasteiger partial charge in [0.25, 0.3) is 10.0 Å². The van der Waals surface area contributed by atoms with Gasteiger partial charge in [-0.05, 0) is 43.6 Å². The lowest BCUT2D eigenvalue weighted by atomic mass is 9.87. The molecule has 1 aliphatic heterocycles. The van der Waals surface area contributed by atoms with Crippen molar-refractivity contribution in [1.29, 1.82) is 0 Å². The van der Waals surface area contributed by atoms with Crippen molar-refractivity contribution in [2.24, 2.45) is 5.92 Å². The van der Waals surface area contributed by atoms with Crippen LogP contribution in [-0.2, 0) is 10.0 Å². The van der Waals surface area contributed by atoms with Crippen molar-refractivity contribution in [3.8, 4) is 11.5 Å². The quantitative estimate of drug-likeness (QED) is 0.862. The highest BCUT2D eigenvalue weighted by atomic mass is 32.2. The van der Waals surface area contributed by atoms with Gasteiger partial charge in [0, 0.05) is 23.2 Å². The Labute approximate surface area is 147 Å². The summed E-state index contributed by atoms with van der Waals surface area (Å²) < 4.78 is 38.7. The van der Waals surface area contributed by atoms with Crippen molar-refractivity contribution in [3.63, 3.8) is 0 Å². The summed E-state index contributed by atoms with van der Waals surface area (Å²) in [6.45, 7) is 3.65. The molecule has 25 heavy (non-hydrogen) atoms. The molecule has 3 rings (SSSR count). The largest absolute Gasteiger partial charge is 0.508 e. The molecule has 0 radical (unpaired) electrons. The smallest absolute Gasteiger partial charge is 0.265 e. The van der Waals surface area contributed by atoms with Gasteiger partial charge in [0.2, 0.25) is 0 Å². The minimum absolute atomic E-state index is 0.103. The summed E-state index contributed by atoms with van der Waals surface area (Å²) >= 11 is 0. The van der Waals surface area contributed by atoms with Crippen molar-refractivity contribution >= 4 is 16.1 Å². The molecule has 0 aromatic heterocycles. The number of fused-ring (bicyclic) bond motifs is 1. The third kappa shape index (κ3) is 3.00. The molecule has 7 heteroatoms. The maximum absolute atomic E-state index is 12.8. The molecule has 0 saturated carbocycles. The van der Waals surface area contributed by atoms with Crippen LogP contribution in [0, 0.1) is 5.92 Å². The highest BCUT2D eigenvalue weighted by Crippen LogP contribution is 2.39. The van der Waals surface area contributed by atoms with E-state index in [1.165, 1.54) is 14.2 Å². The average molecular weight is 363 g/mol. The molecule has 2 aliphatic rings. The van der Waals surface area contributed by atoms with Crippen molar-refractivity contribution in [1.82, 2.24) is 4.72 Å². The van der Waals surface area contributed by atoms with E-state index in [1.54, 1.807) is 18.2 Å². The fourth-order valence-electron chi connectivity index (χ4n) is 3.25. The zero-order chi connectivity index (χ0) is 18.4. The molecule has 1 unspecified atom stereocenters. The Kier molecular flexibility index (Phi) is 4.28. The van der Waals surface area contributed by atoms with Crippen LogP contribution in [0.1, 0.15) is 25.8 Å². The lowest BCUT2D eigenvalue weighted by Crippen LogP contribution is -2.31. The summed E-state index contributed by atoms with van der Waals surface area (Å²) in [7, 11) is -0.819. The second-order valence-electron chi connectivity index (χ2n) is 6.24. The summed E-state index contributed by atoms with van der Waals surface area (Å²) in [6.07, 6.45) is 4.22. The van der Waals surface area contributed by atoms with Crippen LogP contribution in [0.4, 0.5) is 0 Å². The summed E-state index contributed by atoms with van der Waals surface area (Å²) in [5.41, 5.74) is 2.66. The standard InChI is InChI=1S/C18H21NO5S/c1-10-5-12(6-11(2)17(10)20)15-8-13-7-14(23-3)9-16(24-4)18(13)25(21,22)19-15/h5,7-9,12,19-20H,6H2,1-4H3. The maximum atomic E-state index is 12.8. The molecule has 0 spiro atoms. The summed E-state index contributed by atoms with van der Waals surface area (Å²) in [5.74, 6) is 0.879. The molecule has 0 fully saturated rings. The SMILES string of the molecule is COc1cc2c(c(OC)c1)S(=O)(=O)NC(C1C=C(C)C(O)=C(C)C1)=C2. The first-order valence-electron chi connectivity index (χ1n) is 7.84. The number of nitrogens with one attached hydrogen (secondary N) is 1. The van der Waals surface area contributed by atoms with Crippen LogP contribution in [0.5, 0.6) is 11.5 Å². The highest BCUT2D eigenvalue weighted by Gasteiger charge is 2.32. The van der Waals surface area contributed by atoms with Gasteiger partial charge < -0.3 is 14.6 Å². The van der Waals surface area contributed by atoms with Gasteiger partial charge in [-0.15, -0.1) is 0 Å². The van der Waals surface area contributed by atoms with Crippen molar-refractivity contribution in [3.05, 3.63) is 46.4 Å². The number of sulfonamides is 1. The van der Waals surface area contributed by atoms with Crippen LogP contribution in [-0.4, -0.2) is 27.7 Å². The molecule has 6 nitrogen and oxygen atoms in total. The van der Waals surface area contributed by atoms with Gasteiger partial charge in [0.1, 0.15) is 22.2 Å². The minimum Gasteiger partial charge on any atom is -0.508 e. The zero-order valence-corrected chi connectivity index (χ0v) is 15.4. The van der Waals surface area contributed by atoms with E-state index in [0.29, 0.717) is 23.4 Å². The van der Waals surface area contributed by atoms with Gasteiger partial charge in [0.15, 0.2) is 0 Å². The van der Waals surface area contributed by atoms with Crippen molar-refractivity contribution in [2.45, 2.75) is 25.2 Å². The Hall–Kier alpha value is -2.41. The van der Waals surface area contributed by atoms with Gasteiger partial charge in [0.05, 0.1) is 14.2 Å². The Morgan fingerprint density at radius 1 is 1.20 bits per heavy atom. The molecule has 0 amide bonds. The van der Waals surface area contributed by atoms with E-state index in [2.05, 4.69) is 4.72 Å². The molecule has 1 aliphatic carbocycles. The van der Waals surface area contributed by atoms with E-state index in [1.807, 2.05) is 19.9 Å². The number of methoxy groups -OCH3 is 2. The van der Waals surface area contributed by atoms with Gasteiger partial charge >= 0.3 is 0 Å². The maximum Gasteiger partial charge on any atom is 0.265 e. The zero-order valence-electron chi connectivity index (χ0n) is 14.6. The lowest BCUT2D eigenvalue weighted by Gasteiger charge is -2.28. The number of benzene rings is 1. The number of aliphatic hydroxyl groups is 1. The Morgan fingerprint density at radius 2 is 1.92 bits per heavy atom. The van der Waals surface area contributed by atoms with Crippen LogP contribution in [0.25, 0.3) is 6.08 Å². The molecule has 1 heterocycles. The van der Waals surface area contributed by atoms with E-state index in [4.69, 9.17) is 9.47 Å². The van der Waals surface area contributed by atoms with E-state index in [0.717, 1.165) is 11.1 Å². The number of allylic oxidation sites excluding steroid dienone is 3. The first-order valence-corrected chi connectivity index (χ1v) is 9.33. The summed E-state index contributed by atoms with van der Waals surface area (Å²) in [4.78, 5) is 0.103. The number of ether oxygens (including phenoxy) is 2. The summed E-state index contributed by atoms with van der Waals surface area (Å²) in [6, 6.07) is 3.22. The van der Waals surface area contributed by atoms with Crippen LogP contribution >= 0.6 is 0 Å². The van der Waals surface area contributed by atoms with Crippen molar-refractivity contribution < 1.29 is 23.0 Å². The molecule has 134 valence electrons. The van der Waals surface area contributed by atoms with Crippen LogP contribution in [0.2, 0.25) is 0 Å². The number of hydrogen-bond donors (Lipinski definition) is 2. The first-order chi connectivity index (χ1) is 11.8. The lowest BCUT2D eigenvalue weighted by molar-refractivity contribution is 0.385. The fraction of sp³-hybridized carbons (Fsp3) is 0.333. The molecular weight excluding hydrogens is 342 g/mol. The van der Waals surface area contributed by atoms with Crippen LogP contribution in [0.3, 0.4) is 0 Å². The third-order valence-corrected chi connectivity index (χ3v) is 5.98. The van der Waals surface area contributed by atoms with E-state index in [-0.39, 0.29) is 22.3 Å². The van der Waals surface area contributed by atoms with Crippen molar-refractivity contribution in [2.75, 3.05) is 14.2 Å². The molecule has 2 N–H and O–H groups in total. The molecule has 1 atom stereocenters. The van der Waals surface area contributed by atoms with Gasteiger partial charge in [-0.25, -0.2) is 8.42 Å². The molecule has 0 saturated heterocycles. The second-order valence-corrected chi connectivity index (χ2v) is 7.86. The van der Waals surface area contributed by atoms with E-state index < -0.39 is 10.0 Å². The van der Waals surface area contributed by atoms with Crippen LogP contribution < -0.4 is 14.2 Å². The first kappa shape index (κ1) is 17.4. The van der Waals surface area contributed by atoms with Gasteiger partial charge in [-0.2, -0.15) is 0 Å². The average Bonchev–Trinajstić information content (AvgIpc) is 2.57. The number of hydrogen-bond acceptors (Lipinski definition) is 5. The normalized spacial score (nSPS) is 21.7. The van der Waals surface area contributed by atoms with E-state index in [9.17, 15) is 13.5 Å². The molecular formula is C18H21NO5S.